The van der Waals surface area contributed by atoms with Crippen LogP contribution in [0.3, 0.4) is 0 Å². The van der Waals surface area contributed by atoms with E-state index in [0.717, 1.165) is 12.3 Å². The highest BCUT2D eigenvalue weighted by atomic mass is 16.2. The lowest BCUT2D eigenvalue weighted by Gasteiger charge is -1.95. The zero-order valence-electron chi connectivity index (χ0n) is 6.47. The van der Waals surface area contributed by atoms with Crippen molar-refractivity contribution in [3.8, 4) is 0 Å². The monoisotopic (exact) mass is 140 g/mol. The molecule has 1 aliphatic rings. The minimum atomic E-state index is 0.353. The van der Waals surface area contributed by atoms with Crippen molar-refractivity contribution < 1.29 is 5.11 Å². The molecule has 0 aromatic rings. The molecular weight excluding hydrogens is 124 g/mol. The van der Waals surface area contributed by atoms with Crippen molar-refractivity contribution in [1.82, 2.24) is 0 Å². The van der Waals surface area contributed by atoms with E-state index in [-0.39, 0.29) is 0 Å². The van der Waals surface area contributed by atoms with Crippen molar-refractivity contribution in [1.29, 1.82) is 0 Å². The number of allylic oxidation sites excluding steroid dienone is 1. The van der Waals surface area contributed by atoms with E-state index in [1.54, 1.807) is 0 Å². The van der Waals surface area contributed by atoms with Crippen LogP contribution in [-0.4, -0.2) is 11.7 Å². The van der Waals surface area contributed by atoms with Crippen LogP contribution in [0.15, 0.2) is 12.2 Å². The summed E-state index contributed by atoms with van der Waals surface area (Å²) in [6.45, 7) is 4.25. The van der Waals surface area contributed by atoms with Crippen LogP contribution in [-0.2, 0) is 0 Å². The highest BCUT2D eigenvalue weighted by molar-refractivity contribution is 5.18. The Labute approximate surface area is 62.8 Å². The van der Waals surface area contributed by atoms with E-state index in [2.05, 4.69) is 6.58 Å². The predicted octanol–water partition coefficient (Wildman–Crippen LogP) is 2.12. The molecule has 0 aromatic carbocycles. The number of aliphatic hydroxyl groups excluding tert-OH is 1. The maximum atomic E-state index is 8.48. The summed E-state index contributed by atoms with van der Waals surface area (Å²) < 4.78 is 0. The van der Waals surface area contributed by atoms with Gasteiger partial charge in [-0.1, -0.05) is 25.0 Å². The molecule has 0 aliphatic heterocycles. The molecule has 0 heterocycles. The highest BCUT2D eigenvalue weighted by Gasteiger charge is 2.25. The molecule has 1 fully saturated rings. The molecule has 1 atom stereocenters. The van der Waals surface area contributed by atoms with E-state index in [1.807, 2.05) is 0 Å². The largest absolute Gasteiger partial charge is 0.396 e. The number of hydrogen-bond acceptors (Lipinski definition) is 1. The van der Waals surface area contributed by atoms with E-state index < -0.39 is 0 Å². The Morgan fingerprint density at radius 2 is 2.10 bits per heavy atom. The number of unbranched alkanes of at least 4 members (excludes halogenated alkanes) is 2. The third-order valence-corrected chi connectivity index (χ3v) is 2.14. The van der Waals surface area contributed by atoms with Crippen molar-refractivity contribution in [3.63, 3.8) is 0 Å². The summed E-state index contributed by atoms with van der Waals surface area (Å²) in [5.41, 5.74) is 1.43. The van der Waals surface area contributed by atoms with Gasteiger partial charge in [-0.3, -0.25) is 0 Å². The fourth-order valence-corrected chi connectivity index (χ4v) is 1.24. The van der Waals surface area contributed by atoms with Gasteiger partial charge in [0.2, 0.25) is 0 Å². The SMILES string of the molecule is C=C1CC1CCCCCO. The zero-order chi connectivity index (χ0) is 7.40. The molecule has 0 radical (unpaired) electrons. The van der Waals surface area contributed by atoms with Gasteiger partial charge in [0, 0.05) is 6.61 Å². The van der Waals surface area contributed by atoms with E-state index in [0.29, 0.717) is 6.61 Å². The number of hydrogen-bond donors (Lipinski definition) is 1. The first-order valence-corrected chi connectivity index (χ1v) is 4.13. The Balaban J connectivity index is 1.82. The lowest BCUT2D eigenvalue weighted by atomic mass is 10.1. The van der Waals surface area contributed by atoms with Gasteiger partial charge in [0.15, 0.2) is 0 Å². The topological polar surface area (TPSA) is 20.2 Å². The molecule has 0 bridgehead atoms. The summed E-state index contributed by atoms with van der Waals surface area (Å²) in [7, 11) is 0. The third kappa shape index (κ3) is 2.53. The van der Waals surface area contributed by atoms with Gasteiger partial charge in [0.25, 0.3) is 0 Å². The first-order chi connectivity index (χ1) is 4.84. The average molecular weight is 140 g/mol. The van der Waals surface area contributed by atoms with Gasteiger partial charge >= 0.3 is 0 Å². The molecule has 1 N–H and O–H groups in total. The second-order valence-electron chi connectivity index (χ2n) is 3.13. The van der Waals surface area contributed by atoms with E-state index in [1.165, 1.54) is 31.3 Å². The molecule has 10 heavy (non-hydrogen) atoms. The molecule has 0 spiro atoms. The smallest absolute Gasteiger partial charge is 0.0431 e. The van der Waals surface area contributed by atoms with Crippen LogP contribution in [0, 0.1) is 5.92 Å². The van der Waals surface area contributed by atoms with Crippen molar-refractivity contribution in [2.24, 2.45) is 5.92 Å². The Kier molecular flexibility index (Phi) is 2.94. The summed E-state index contributed by atoms with van der Waals surface area (Å²) in [6, 6.07) is 0. The van der Waals surface area contributed by atoms with Crippen molar-refractivity contribution >= 4 is 0 Å². The molecule has 58 valence electrons. The molecule has 1 rings (SSSR count). The number of rotatable bonds is 5. The molecule has 1 saturated carbocycles. The fraction of sp³-hybridized carbons (Fsp3) is 0.778. The summed E-state index contributed by atoms with van der Waals surface area (Å²) in [6.07, 6.45) is 5.99. The van der Waals surface area contributed by atoms with Gasteiger partial charge < -0.3 is 5.11 Å². The van der Waals surface area contributed by atoms with Crippen molar-refractivity contribution in [2.75, 3.05) is 6.61 Å². The first kappa shape index (κ1) is 7.80. The van der Waals surface area contributed by atoms with E-state index >= 15 is 0 Å². The normalized spacial score (nSPS) is 23.3. The Bertz CT molecular complexity index is 118. The second-order valence-corrected chi connectivity index (χ2v) is 3.13. The molecule has 0 aromatic heterocycles. The van der Waals surface area contributed by atoms with Crippen molar-refractivity contribution in [2.45, 2.75) is 32.1 Å². The average Bonchev–Trinajstić information content (AvgIpc) is 2.60. The third-order valence-electron chi connectivity index (χ3n) is 2.14. The van der Waals surface area contributed by atoms with E-state index in [9.17, 15) is 0 Å². The molecule has 1 heteroatoms. The van der Waals surface area contributed by atoms with Gasteiger partial charge in [-0.25, -0.2) is 0 Å². The molecular formula is C9H16O. The van der Waals surface area contributed by atoms with Gasteiger partial charge in [0.1, 0.15) is 0 Å². The lowest BCUT2D eigenvalue weighted by Crippen LogP contribution is -1.83. The van der Waals surface area contributed by atoms with Crippen LogP contribution in [0.4, 0.5) is 0 Å². The molecule has 1 aliphatic carbocycles. The Morgan fingerprint density at radius 3 is 2.60 bits per heavy atom. The highest BCUT2D eigenvalue weighted by Crippen LogP contribution is 2.39. The number of aliphatic hydroxyl groups is 1. The maximum Gasteiger partial charge on any atom is 0.0431 e. The van der Waals surface area contributed by atoms with Crippen LogP contribution in [0.2, 0.25) is 0 Å². The Hall–Kier alpha value is -0.300. The Morgan fingerprint density at radius 1 is 1.40 bits per heavy atom. The minimum absolute atomic E-state index is 0.353. The summed E-state index contributed by atoms with van der Waals surface area (Å²) in [4.78, 5) is 0. The van der Waals surface area contributed by atoms with E-state index in [4.69, 9.17) is 5.11 Å². The minimum Gasteiger partial charge on any atom is -0.396 e. The van der Waals surface area contributed by atoms with Crippen LogP contribution < -0.4 is 0 Å². The van der Waals surface area contributed by atoms with Crippen LogP contribution in [0.1, 0.15) is 32.1 Å². The summed E-state index contributed by atoms with van der Waals surface area (Å²) in [5.74, 6) is 0.846. The van der Waals surface area contributed by atoms with Gasteiger partial charge in [-0.2, -0.15) is 0 Å². The molecule has 0 amide bonds. The summed E-state index contributed by atoms with van der Waals surface area (Å²) >= 11 is 0. The van der Waals surface area contributed by atoms with Gasteiger partial charge in [0.05, 0.1) is 0 Å². The molecule has 1 nitrogen and oxygen atoms in total. The second kappa shape index (κ2) is 3.77. The van der Waals surface area contributed by atoms with Crippen molar-refractivity contribution in [3.05, 3.63) is 12.2 Å². The van der Waals surface area contributed by atoms with Gasteiger partial charge in [-0.05, 0) is 25.2 Å². The lowest BCUT2D eigenvalue weighted by molar-refractivity contribution is 0.282. The fourth-order valence-electron chi connectivity index (χ4n) is 1.24. The first-order valence-electron chi connectivity index (χ1n) is 4.13. The van der Waals surface area contributed by atoms with Crippen LogP contribution >= 0.6 is 0 Å². The van der Waals surface area contributed by atoms with Crippen LogP contribution in [0.5, 0.6) is 0 Å². The summed E-state index contributed by atoms with van der Waals surface area (Å²) in [5, 5.41) is 8.48. The molecule has 1 unspecified atom stereocenters. The van der Waals surface area contributed by atoms with Crippen LogP contribution in [0.25, 0.3) is 0 Å². The standard InChI is InChI=1S/C9H16O/c1-8-7-9(8)5-3-2-4-6-10/h9-10H,1-7H2. The predicted molar refractivity (Wildman–Crippen MR) is 42.8 cm³/mol. The maximum absolute atomic E-state index is 8.48. The quantitative estimate of drug-likeness (QED) is 0.458. The zero-order valence-corrected chi connectivity index (χ0v) is 6.47. The molecule has 0 saturated heterocycles. The van der Waals surface area contributed by atoms with Gasteiger partial charge in [-0.15, -0.1) is 0 Å².